The van der Waals surface area contributed by atoms with Crippen molar-refractivity contribution in [3.8, 4) is 11.4 Å². The van der Waals surface area contributed by atoms with E-state index in [4.69, 9.17) is 16.3 Å². The Hall–Kier alpha value is -2.92. The molecular formula is C22H24ClN3O2. The van der Waals surface area contributed by atoms with Crippen LogP contribution in [0.3, 0.4) is 0 Å². The summed E-state index contributed by atoms with van der Waals surface area (Å²) in [7, 11) is 1.62. The van der Waals surface area contributed by atoms with E-state index in [9.17, 15) is 4.79 Å². The summed E-state index contributed by atoms with van der Waals surface area (Å²) in [6, 6.07) is 17.2. The van der Waals surface area contributed by atoms with Crippen LogP contribution in [0, 0.1) is 13.8 Å². The number of nitrogens with zero attached hydrogens (tertiary/aromatic N) is 1. The van der Waals surface area contributed by atoms with Gasteiger partial charge in [0.15, 0.2) is 0 Å². The average Bonchev–Trinajstić information content (AvgIpc) is 2.98. The fourth-order valence-corrected chi connectivity index (χ4v) is 3.41. The number of hydrogen-bond acceptors (Lipinski definition) is 2. The molecule has 146 valence electrons. The Kier molecular flexibility index (Phi) is 6.26. The third-order valence-corrected chi connectivity index (χ3v) is 4.86. The summed E-state index contributed by atoms with van der Waals surface area (Å²) in [5.74, 6) is 0.771. The summed E-state index contributed by atoms with van der Waals surface area (Å²) in [6.07, 6.45) is 0. The molecule has 0 spiro atoms. The lowest BCUT2D eigenvalue weighted by Gasteiger charge is -2.11. The summed E-state index contributed by atoms with van der Waals surface area (Å²) in [6.45, 7) is 4.97. The average molecular weight is 398 g/mol. The molecule has 0 aliphatic rings. The summed E-state index contributed by atoms with van der Waals surface area (Å²) >= 11 is 6.13. The van der Waals surface area contributed by atoms with Crippen molar-refractivity contribution in [3.05, 3.63) is 82.1 Å². The minimum atomic E-state index is -0.213. The van der Waals surface area contributed by atoms with Crippen LogP contribution in [0.15, 0.2) is 54.6 Å². The summed E-state index contributed by atoms with van der Waals surface area (Å²) in [5.41, 5.74) is 5.22. The Balaban J connectivity index is 1.61. The number of benzene rings is 2. The number of hydrogen-bond donors (Lipinski definition) is 2. The quantitative estimate of drug-likeness (QED) is 0.630. The Labute approximate surface area is 170 Å². The van der Waals surface area contributed by atoms with Crippen LogP contribution in [0.25, 0.3) is 5.69 Å². The molecule has 5 nitrogen and oxygen atoms in total. The van der Waals surface area contributed by atoms with E-state index in [0.29, 0.717) is 18.1 Å². The normalized spacial score (nSPS) is 10.6. The van der Waals surface area contributed by atoms with Crippen LogP contribution < -0.4 is 15.4 Å². The number of aromatic nitrogens is 1. The maximum Gasteiger partial charge on any atom is 0.315 e. The molecule has 0 unspecified atom stereocenters. The molecule has 1 aromatic heterocycles. The SMILES string of the molecule is COc1cccc(CNC(=O)NCc2cc(C)n(-c3cccc(Cl)c3)c2C)c1. The van der Waals surface area contributed by atoms with Crippen molar-refractivity contribution in [1.82, 2.24) is 15.2 Å². The van der Waals surface area contributed by atoms with Gasteiger partial charge in [0.25, 0.3) is 0 Å². The van der Waals surface area contributed by atoms with E-state index in [0.717, 1.165) is 34.0 Å². The number of carbonyl (C=O) groups excluding carboxylic acids is 1. The molecule has 2 amide bonds. The molecule has 0 aliphatic carbocycles. The maximum atomic E-state index is 12.2. The van der Waals surface area contributed by atoms with E-state index in [2.05, 4.69) is 21.3 Å². The van der Waals surface area contributed by atoms with Crippen LogP contribution in [-0.2, 0) is 13.1 Å². The van der Waals surface area contributed by atoms with E-state index in [1.54, 1.807) is 7.11 Å². The number of halogens is 1. The predicted molar refractivity (Wildman–Crippen MR) is 112 cm³/mol. The Morgan fingerprint density at radius 3 is 2.54 bits per heavy atom. The molecule has 1 heterocycles. The van der Waals surface area contributed by atoms with E-state index < -0.39 is 0 Å². The Morgan fingerprint density at radius 2 is 1.79 bits per heavy atom. The highest BCUT2D eigenvalue weighted by Gasteiger charge is 2.12. The number of rotatable bonds is 6. The van der Waals surface area contributed by atoms with Crippen molar-refractivity contribution in [3.63, 3.8) is 0 Å². The van der Waals surface area contributed by atoms with Crippen LogP contribution in [0.2, 0.25) is 5.02 Å². The van der Waals surface area contributed by atoms with Crippen molar-refractivity contribution in [1.29, 1.82) is 0 Å². The smallest absolute Gasteiger partial charge is 0.315 e. The van der Waals surface area contributed by atoms with Crippen LogP contribution in [0.5, 0.6) is 5.75 Å². The van der Waals surface area contributed by atoms with Crippen molar-refractivity contribution in [2.24, 2.45) is 0 Å². The minimum Gasteiger partial charge on any atom is -0.497 e. The number of carbonyl (C=O) groups is 1. The first-order valence-corrected chi connectivity index (χ1v) is 9.44. The second-order valence-electron chi connectivity index (χ2n) is 6.60. The van der Waals surface area contributed by atoms with Crippen molar-refractivity contribution in [2.45, 2.75) is 26.9 Å². The standard InChI is InChI=1S/C22H24ClN3O2/c1-15-10-18(16(2)26(15)20-8-5-7-19(23)12-20)14-25-22(27)24-13-17-6-4-9-21(11-17)28-3/h4-12H,13-14H2,1-3H3,(H2,24,25,27). The number of ether oxygens (including phenoxy) is 1. The lowest BCUT2D eigenvalue weighted by molar-refractivity contribution is 0.240. The fraction of sp³-hybridized carbons (Fsp3) is 0.227. The Morgan fingerprint density at radius 1 is 1.04 bits per heavy atom. The van der Waals surface area contributed by atoms with Gasteiger partial charge in [0.2, 0.25) is 0 Å². The van der Waals surface area contributed by atoms with Gasteiger partial charge >= 0.3 is 6.03 Å². The molecule has 6 heteroatoms. The zero-order valence-corrected chi connectivity index (χ0v) is 17.0. The van der Waals surface area contributed by atoms with Crippen LogP contribution in [0.1, 0.15) is 22.5 Å². The molecule has 2 N–H and O–H groups in total. The van der Waals surface area contributed by atoms with E-state index >= 15 is 0 Å². The number of amides is 2. The van der Waals surface area contributed by atoms with Gasteiger partial charge in [0.05, 0.1) is 7.11 Å². The van der Waals surface area contributed by atoms with Gasteiger partial charge in [-0.1, -0.05) is 29.8 Å². The molecule has 0 saturated carbocycles. The maximum absolute atomic E-state index is 12.2. The molecular weight excluding hydrogens is 374 g/mol. The predicted octanol–water partition coefficient (Wildman–Crippen LogP) is 4.76. The van der Waals surface area contributed by atoms with Crippen molar-refractivity contribution < 1.29 is 9.53 Å². The highest BCUT2D eigenvalue weighted by molar-refractivity contribution is 6.30. The molecule has 0 saturated heterocycles. The van der Waals surface area contributed by atoms with Gasteiger partial charge < -0.3 is 19.9 Å². The van der Waals surface area contributed by atoms with Crippen LogP contribution >= 0.6 is 11.6 Å². The summed E-state index contributed by atoms with van der Waals surface area (Å²) in [5, 5.41) is 6.49. The lowest BCUT2D eigenvalue weighted by Crippen LogP contribution is -2.34. The van der Waals surface area contributed by atoms with Gasteiger partial charge in [-0.05, 0) is 61.4 Å². The van der Waals surface area contributed by atoms with Crippen molar-refractivity contribution in [2.75, 3.05) is 7.11 Å². The van der Waals surface area contributed by atoms with Crippen LogP contribution in [0.4, 0.5) is 4.79 Å². The van der Waals surface area contributed by atoms with Gasteiger partial charge in [0.1, 0.15) is 5.75 Å². The molecule has 0 atom stereocenters. The van der Waals surface area contributed by atoms with Gasteiger partial charge in [-0.2, -0.15) is 0 Å². The topological polar surface area (TPSA) is 55.3 Å². The van der Waals surface area contributed by atoms with Gasteiger partial charge in [-0.15, -0.1) is 0 Å². The number of aryl methyl sites for hydroxylation is 1. The first-order valence-electron chi connectivity index (χ1n) is 9.06. The molecule has 0 aliphatic heterocycles. The lowest BCUT2D eigenvalue weighted by atomic mass is 10.2. The van der Waals surface area contributed by atoms with Gasteiger partial charge in [-0.25, -0.2) is 4.79 Å². The fourth-order valence-electron chi connectivity index (χ4n) is 3.22. The molecule has 2 aromatic carbocycles. The molecule has 28 heavy (non-hydrogen) atoms. The highest BCUT2D eigenvalue weighted by atomic mass is 35.5. The monoisotopic (exact) mass is 397 g/mol. The number of nitrogens with one attached hydrogen (secondary N) is 2. The van der Waals surface area contributed by atoms with Gasteiger partial charge in [-0.3, -0.25) is 0 Å². The second-order valence-corrected chi connectivity index (χ2v) is 7.04. The second kappa shape index (κ2) is 8.85. The summed E-state index contributed by atoms with van der Waals surface area (Å²) in [4.78, 5) is 12.2. The molecule has 0 radical (unpaired) electrons. The largest absolute Gasteiger partial charge is 0.497 e. The molecule has 0 fully saturated rings. The van der Waals surface area contributed by atoms with Gasteiger partial charge in [0, 0.05) is 35.2 Å². The van der Waals surface area contributed by atoms with Crippen molar-refractivity contribution >= 4 is 17.6 Å². The number of methoxy groups -OCH3 is 1. The summed E-state index contributed by atoms with van der Waals surface area (Å²) < 4.78 is 7.33. The van der Waals surface area contributed by atoms with E-state index in [1.807, 2.05) is 62.4 Å². The zero-order valence-electron chi connectivity index (χ0n) is 16.3. The Bertz CT molecular complexity index is 982. The first kappa shape index (κ1) is 19.8. The minimum absolute atomic E-state index is 0.213. The molecule has 0 bridgehead atoms. The zero-order chi connectivity index (χ0) is 20.1. The molecule has 3 aromatic rings. The third-order valence-electron chi connectivity index (χ3n) is 4.63. The third kappa shape index (κ3) is 4.67. The van der Waals surface area contributed by atoms with Crippen LogP contribution in [-0.4, -0.2) is 17.7 Å². The van der Waals surface area contributed by atoms with E-state index in [1.165, 1.54) is 0 Å². The highest BCUT2D eigenvalue weighted by Crippen LogP contribution is 2.23. The van der Waals surface area contributed by atoms with E-state index in [-0.39, 0.29) is 6.03 Å². The first-order chi connectivity index (χ1) is 13.5. The molecule has 3 rings (SSSR count). The number of urea groups is 1.